The predicted molar refractivity (Wildman–Crippen MR) is 62.3 cm³/mol. The van der Waals surface area contributed by atoms with Crippen LogP contribution in [0.25, 0.3) is 0 Å². The van der Waals surface area contributed by atoms with Gasteiger partial charge < -0.3 is 16.8 Å². The standard InChI is InChI=1S/C11H16FN3O/c1-11(2,6-10(14)16)15-9-4-3-7(13)5-8(9)12/h3-5,15H,6,13H2,1-2H3,(H2,14,16). The molecule has 0 radical (unpaired) electrons. The second-order valence-corrected chi connectivity index (χ2v) is 4.39. The normalized spacial score (nSPS) is 11.2. The Labute approximate surface area is 93.8 Å². The summed E-state index contributed by atoms with van der Waals surface area (Å²) in [7, 11) is 0. The number of halogens is 1. The van der Waals surface area contributed by atoms with E-state index in [4.69, 9.17) is 11.5 Å². The second kappa shape index (κ2) is 4.38. The zero-order chi connectivity index (χ0) is 12.3. The van der Waals surface area contributed by atoms with E-state index in [0.717, 1.165) is 0 Å². The Kier molecular flexibility index (Phi) is 3.37. The number of carbonyl (C=O) groups excluding carboxylic acids is 1. The highest BCUT2D eigenvalue weighted by Gasteiger charge is 2.21. The fourth-order valence-corrected chi connectivity index (χ4v) is 1.48. The van der Waals surface area contributed by atoms with Crippen LogP contribution in [0.2, 0.25) is 0 Å². The van der Waals surface area contributed by atoms with Crippen LogP contribution in [-0.4, -0.2) is 11.4 Å². The molecule has 88 valence electrons. The maximum absolute atomic E-state index is 13.5. The number of hydrogen-bond acceptors (Lipinski definition) is 3. The van der Waals surface area contributed by atoms with Crippen molar-refractivity contribution in [1.82, 2.24) is 0 Å². The fraction of sp³-hybridized carbons (Fsp3) is 0.364. The average Bonchev–Trinajstić information content (AvgIpc) is 2.07. The minimum absolute atomic E-state index is 0.122. The molecule has 0 aliphatic rings. The molecule has 0 aromatic heterocycles. The van der Waals surface area contributed by atoms with Crippen molar-refractivity contribution in [3.05, 3.63) is 24.0 Å². The Bertz CT molecular complexity index is 404. The number of rotatable bonds is 4. The van der Waals surface area contributed by atoms with Gasteiger partial charge in [0, 0.05) is 17.6 Å². The number of nitrogen functional groups attached to an aromatic ring is 1. The van der Waals surface area contributed by atoms with Crippen LogP contribution >= 0.6 is 0 Å². The lowest BCUT2D eigenvalue weighted by Gasteiger charge is -2.26. The van der Waals surface area contributed by atoms with E-state index in [1.54, 1.807) is 19.9 Å². The topological polar surface area (TPSA) is 81.1 Å². The minimum atomic E-state index is -0.594. The fourth-order valence-electron chi connectivity index (χ4n) is 1.48. The van der Waals surface area contributed by atoms with Crippen LogP contribution in [0.3, 0.4) is 0 Å². The minimum Gasteiger partial charge on any atom is -0.399 e. The highest BCUT2D eigenvalue weighted by Crippen LogP contribution is 2.22. The van der Waals surface area contributed by atoms with Crippen molar-refractivity contribution in [2.75, 3.05) is 11.1 Å². The van der Waals surface area contributed by atoms with E-state index in [1.165, 1.54) is 12.1 Å². The van der Waals surface area contributed by atoms with E-state index in [9.17, 15) is 9.18 Å². The lowest BCUT2D eigenvalue weighted by Crippen LogP contribution is -2.36. The molecule has 0 spiro atoms. The lowest BCUT2D eigenvalue weighted by atomic mass is 10.00. The number of carbonyl (C=O) groups is 1. The number of nitrogens with one attached hydrogen (secondary N) is 1. The maximum atomic E-state index is 13.5. The molecule has 5 heteroatoms. The first-order chi connectivity index (χ1) is 7.30. The van der Waals surface area contributed by atoms with Gasteiger partial charge in [-0.05, 0) is 32.0 Å². The van der Waals surface area contributed by atoms with Crippen LogP contribution in [0.1, 0.15) is 20.3 Å². The van der Waals surface area contributed by atoms with Crippen LogP contribution in [-0.2, 0) is 4.79 Å². The molecule has 0 aliphatic carbocycles. The first-order valence-electron chi connectivity index (χ1n) is 4.92. The van der Waals surface area contributed by atoms with E-state index in [2.05, 4.69) is 5.32 Å². The summed E-state index contributed by atoms with van der Waals surface area (Å²) in [5.74, 6) is -0.883. The summed E-state index contributed by atoms with van der Waals surface area (Å²) in [4.78, 5) is 10.8. The van der Waals surface area contributed by atoms with Gasteiger partial charge in [-0.1, -0.05) is 0 Å². The number of amides is 1. The number of benzene rings is 1. The van der Waals surface area contributed by atoms with E-state index >= 15 is 0 Å². The van der Waals surface area contributed by atoms with Gasteiger partial charge in [0.1, 0.15) is 5.82 Å². The summed E-state index contributed by atoms with van der Waals surface area (Å²) in [6.07, 6.45) is 0.122. The Morgan fingerprint density at radius 2 is 2.12 bits per heavy atom. The number of hydrogen-bond donors (Lipinski definition) is 3. The third kappa shape index (κ3) is 3.42. The van der Waals surface area contributed by atoms with Crippen LogP contribution in [0, 0.1) is 5.82 Å². The SMILES string of the molecule is CC(C)(CC(N)=O)Nc1ccc(N)cc1F. The molecule has 0 fully saturated rings. The van der Waals surface area contributed by atoms with Gasteiger partial charge in [-0.15, -0.1) is 0 Å². The average molecular weight is 225 g/mol. The van der Waals surface area contributed by atoms with Gasteiger partial charge in [-0.3, -0.25) is 4.79 Å². The summed E-state index contributed by atoms with van der Waals surface area (Å²) in [6, 6.07) is 4.35. The van der Waals surface area contributed by atoms with Crippen molar-refractivity contribution in [2.45, 2.75) is 25.8 Å². The van der Waals surface area contributed by atoms with Gasteiger partial charge in [-0.25, -0.2) is 4.39 Å². The smallest absolute Gasteiger partial charge is 0.219 e. The molecule has 1 amide bonds. The highest BCUT2D eigenvalue weighted by atomic mass is 19.1. The highest BCUT2D eigenvalue weighted by molar-refractivity contribution is 5.75. The van der Waals surface area contributed by atoms with Crippen molar-refractivity contribution in [1.29, 1.82) is 0 Å². The molecular formula is C11H16FN3O. The van der Waals surface area contributed by atoms with Crippen molar-refractivity contribution in [3.63, 3.8) is 0 Å². The summed E-state index contributed by atoms with van der Waals surface area (Å²) in [5.41, 5.74) is 10.6. The molecule has 0 atom stereocenters. The Morgan fingerprint density at radius 1 is 1.50 bits per heavy atom. The molecule has 1 aromatic rings. The third-order valence-corrected chi connectivity index (χ3v) is 2.08. The van der Waals surface area contributed by atoms with Crippen molar-refractivity contribution in [3.8, 4) is 0 Å². The first kappa shape index (κ1) is 12.3. The van der Waals surface area contributed by atoms with Gasteiger partial charge in [0.15, 0.2) is 0 Å². The van der Waals surface area contributed by atoms with Crippen molar-refractivity contribution < 1.29 is 9.18 Å². The Morgan fingerprint density at radius 3 is 2.62 bits per heavy atom. The number of nitrogens with two attached hydrogens (primary N) is 2. The number of anilines is 2. The van der Waals surface area contributed by atoms with E-state index in [0.29, 0.717) is 11.4 Å². The van der Waals surface area contributed by atoms with E-state index in [1.807, 2.05) is 0 Å². The summed E-state index contributed by atoms with van der Waals surface area (Å²) < 4.78 is 13.5. The van der Waals surface area contributed by atoms with Crippen LogP contribution in [0.15, 0.2) is 18.2 Å². The molecular weight excluding hydrogens is 209 g/mol. The lowest BCUT2D eigenvalue weighted by molar-refractivity contribution is -0.118. The quantitative estimate of drug-likeness (QED) is 0.679. The maximum Gasteiger partial charge on any atom is 0.219 e. The first-order valence-corrected chi connectivity index (χ1v) is 4.92. The van der Waals surface area contributed by atoms with Gasteiger partial charge >= 0.3 is 0 Å². The van der Waals surface area contributed by atoms with E-state index < -0.39 is 17.3 Å². The predicted octanol–water partition coefficient (Wildman–Crippen LogP) is 1.47. The summed E-state index contributed by atoms with van der Waals surface area (Å²) in [5, 5.41) is 2.91. The Balaban J connectivity index is 2.83. The van der Waals surface area contributed by atoms with Crippen molar-refractivity contribution >= 4 is 17.3 Å². The number of primary amides is 1. The molecule has 0 bridgehead atoms. The zero-order valence-corrected chi connectivity index (χ0v) is 9.38. The largest absolute Gasteiger partial charge is 0.399 e. The van der Waals surface area contributed by atoms with Gasteiger partial charge in [0.05, 0.1) is 5.69 Å². The molecule has 16 heavy (non-hydrogen) atoms. The van der Waals surface area contributed by atoms with E-state index in [-0.39, 0.29) is 6.42 Å². The molecule has 0 aliphatic heterocycles. The summed E-state index contributed by atoms with van der Waals surface area (Å²) >= 11 is 0. The molecule has 0 saturated carbocycles. The molecule has 1 rings (SSSR count). The molecule has 0 unspecified atom stereocenters. The summed E-state index contributed by atoms with van der Waals surface area (Å²) in [6.45, 7) is 3.54. The van der Waals surface area contributed by atoms with Crippen LogP contribution in [0.5, 0.6) is 0 Å². The second-order valence-electron chi connectivity index (χ2n) is 4.39. The van der Waals surface area contributed by atoms with Gasteiger partial charge in [0.2, 0.25) is 5.91 Å². The van der Waals surface area contributed by atoms with Crippen molar-refractivity contribution in [2.24, 2.45) is 5.73 Å². The monoisotopic (exact) mass is 225 g/mol. The third-order valence-electron chi connectivity index (χ3n) is 2.08. The van der Waals surface area contributed by atoms with Gasteiger partial charge in [0.25, 0.3) is 0 Å². The Hall–Kier alpha value is -1.78. The molecule has 1 aromatic carbocycles. The molecule has 4 nitrogen and oxygen atoms in total. The molecule has 0 saturated heterocycles. The van der Waals surface area contributed by atoms with Crippen LogP contribution in [0.4, 0.5) is 15.8 Å². The van der Waals surface area contributed by atoms with Crippen LogP contribution < -0.4 is 16.8 Å². The molecule has 0 heterocycles. The van der Waals surface area contributed by atoms with Gasteiger partial charge in [-0.2, -0.15) is 0 Å². The zero-order valence-electron chi connectivity index (χ0n) is 9.38. The molecule has 5 N–H and O–H groups in total.